The summed E-state index contributed by atoms with van der Waals surface area (Å²) in [7, 11) is 0. The Hall–Kier alpha value is -8.64. The van der Waals surface area contributed by atoms with Crippen molar-refractivity contribution >= 4 is 99.4 Å². The van der Waals surface area contributed by atoms with Crippen LogP contribution in [-0.4, -0.2) is 0 Å². The van der Waals surface area contributed by atoms with Crippen LogP contribution >= 0.6 is 11.3 Å². The summed E-state index contributed by atoms with van der Waals surface area (Å²) in [5.74, 6) is 0. The van der Waals surface area contributed by atoms with E-state index in [-0.39, 0.29) is 0 Å². The van der Waals surface area contributed by atoms with E-state index in [9.17, 15) is 0 Å². The second-order valence-electron chi connectivity index (χ2n) is 17.9. The van der Waals surface area contributed by atoms with E-state index >= 15 is 0 Å². The zero-order valence-corrected chi connectivity index (χ0v) is 37.4. The minimum absolute atomic E-state index is 0.605. The lowest BCUT2D eigenvalue weighted by Gasteiger charge is -2.32. The maximum absolute atomic E-state index is 6.38. The molecule has 0 saturated carbocycles. The number of para-hydroxylation sites is 4. The van der Waals surface area contributed by atoms with Crippen molar-refractivity contribution < 1.29 is 8.83 Å². The summed E-state index contributed by atoms with van der Waals surface area (Å²) in [5, 5.41) is 5.69. The molecule has 5 heteroatoms. The molecule has 1 unspecified atom stereocenters. The number of hydrogen-bond acceptors (Lipinski definition) is 5. The molecule has 3 heterocycles. The molecule has 15 rings (SSSR count). The molecule has 13 aromatic rings. The van der Waals surface area contributed by atoms with Gasteiger partial charge in [-0.2, -0.15) is 0 Å². The van der Waals surface area contributed by atoms with Gasteiger partial charge in [0.25, 0.3) is 0 Å². The number of thiophene rings is 1. The highest BCUT2D eigenvalue weighted by atomic mass is 32.1. The number of furan rings is 2. The highest BCUT2D eigenvalue weighted by molar-refractivity contribution is 7.20. The molecule has 0 saturated heterocycles. The van der Waals surface area contributed by atoms with Gasteiger partial charge in [0.05, 0.1) is 11.1 Å². The van der Waals surface area contributed by atoms with E-state index in [2.05, 4.69) is 222 Å². The topological polar surface area (TPSA) is 32.8 Å². The van der Waals surface area contributed by atoms with Crippen LogP contribution in [0.5, 0.6) is 0 Å². The molecule has 2 aliphatic rings. The number of benzene rings is 10. The number of hydrogen-bond donors (Lipinski definition) is 0. The van der Waals surface area contributed by atoms with Gasteiger partial charge in [-0.1, -0.05) is 133 Å². The second kappa shape index (κ2) is 14.2. The van der Waals surface area contributed by atoms with Gasteiger partial charge in [0.2, 0.25) is 0 Å². The summed E-state index contributed by atoms with van der Waals surface area (Å²) in [6, 6.07) is 83.8. The molecule has 3 aromatic heterocycles. The summed E-state index contributed by atoms with van der Waals surface area (Å²) >= 11 is 1.94. The number of fused-ring (bicyclic) bond motifs is 18. The molecular weight excluding hydrogens is 849 g/mol. The third kappa shape index (κ3) is 5.14. The average molecular weight is 887 g/mol. The minimum Gasteiger partial charge on any atom is -0.456 e. The summed E-state index contributed by atoms with van der Waals surface area (Å²) in [5.41, 5.74) is 18.4. The first kappa shape index (κ1) is 37.6. The van der Waals surface area contributed by atoms with Crippen molar-refractivity contribution in [2.75, 3.05) is 9.80 Å². The van der Waals surface area contributed by atoms with E-state index in [0.29, 0.717) is 0 Å². The fraction of sp³-hybridized carbons (Fsp3) is 0.0159. The van der Waals surface area contributed by atoms with Crippen LogP contribution in [0.25, 0.3) is 76.2 Å². The smallest absolute Gasteiger partial charge is 0.135 e. The zero-order chi connectivity index (χ0) is 44.5. The fourth-order valence-electron chi connectivity index (χ4n) is 11.7. The largest absolute Gasteiger partial charge is 0.456 e. The summed E-state index contributed by atoms with van der Waals surface area (Å²) in [6.07, 6.45) is 0. The van der Waals surface area contributed by atoms with Gasteiger partial charge in [-0.25, -0.2) is 0 Å². The fourth-order valence-corrected chi connectivity index (χ4v) is 13.1. The van der Waals surface area contributed by atoms with Gasteiger partial charge in [-0.15, -0.1) is 11.3 Å². The molecule has 2 aliphatic carbocycles. The SMILES string of the molecule is c1ccc(N(c2ccc3c(c2)C2(c4ccccc4-3)c3cccc(N(c4ccccc4)c4ccc5oc6ccccc6c5c4)c3-c3c2sc2ccccc32)c2ccc3oc4ccccc4c3c2)cc1. The molecule has 0 aliphatic heterocycles. The predicted molar refractivity (Wildman–Crippen MR) is 282 cm³/mol. The van der Waals surface area contributed by atoms with Gasteiger partial charge >= 0.3 is 0 Å². The summed E-state index contributed by atoms with van der Waals surface area (Å²) in [6.45, 7) is 0. The van der Waals surface area contributed by atoms with E-state index in [1.807, 2.05) is 29.5 Å². The summed E-state index contributed by atoms with van der Waals surface area (Å²) < 4.78 is 14.0. The lowest BCUT2D eigenvalue weighted by Crippen LogP contribution is -2.25. The molecule has 68 heavy (non-hydrogen) atoms. The van der Waals surface area contributed by atoms with Crippen LogP contribution < -0.4 is 9.80 Å². The monoisotopic (exact) mass is 886 g/mol. The van der Waals surface area contributed by atoms with E-state index in [1.165, 1.54) is 53.9 Å². The van der Waals surface area contributed by atoms with Crippen molar-refractivity contribution in [3.05, 3.63) is 252 Å². The lowest BCUT2D eigenvalue weighted by molar-refractivity contribution is 0.668. The molecule has 318 valence electrons. The first-order valence-electron chi connectivity index (χ1n) is 23.2. The van der Waals surface area contributed by atoms with Gasteiger partial charge in [-0.3, -0.25) is 0 Å². The van der Waals surface area contributed by atoms with E-state index in [4.69, 9.17) is 8.83 Å². The van der Waals surface area contributed by atoms with E-state index in [0.717, 1.165) is 78.0 Å². The molecular formula is C63H38N2O2S. The molecule has 4 nitrogen and oxygen atoms in total. The third-order valence-corrected chi connectivity index (χ3v) is 15.7. The Bertz CT molecular complexity index is 4180. The molecule has 0 radical (unpaired) electrons. The van der Waals surface area contributed by atoms with Crippen molar-refractivity contribution in [3.8, 4) is 22.3 Å². The highest BCUT2D eigenvalue weighted by Gasteiger charge is 2.54. The molecule has 0 N–H and O–H groups in total. The van der Waals surface area contributed by atoms with Crippen LogP contribution in [0, 0.1) is 0 Å². The van der Waals surface area contributed by atoms with Crippen molar-refractivity contribution in [1.29, 1.82) is 0 Å². The number of rotatable bonds is 6. The van der Waals surface area contributed by atoms with E-state index < -0.39 is 5.41 Å². The lowest BCUT2D eigenvalue weighted by atomic mass is 9.73. The van der Waals surface area contributed by atoms with Crippen molar-refractivity contribution in [1.82, 2.24) is 0 Å². The van der Waals surface area contributed by atoms with Gasteiger partial charge in [0.15, 0.2) is 0 Å². The molecule has 0 fully saturated rings. The van der Waals surface area contributed by atoms with Gasteiger partial charge in [-0.05, 0) is 125 Å². The average Bonchev–Trinajstić information content (AvgIpc) is 4.20. The van der Waals surface area contributed by atoms with Crippen LogP contribution in [0.1, 0.15) is 21.6 Å². The maximum Gasteiger partial charge on any atom is 0.135 e. The Balaban J connectivity index is 1.01. The van der Waals surface area contributed by atoms with Crippen LogP contribution in [-0.2, 0) is 5.41 Å². The van der Waals surface area contributed by atoms with Gasteiger partial charge < -0.3 is 18.6 Å². The predicted octanol–water partition coefficient (Wildman–Crippen LogP) is 18.0. The van der Waals surface area contributed by atoms with Crippen LogP contribution in [0.15, 0.2) is 239 Å². The van der Waals surface area contributed by atoms with Crippen molar-refractivity contribution in [3.63, 3.8) is 0 Å². The summed E-state index contributed by atoms with van der Waals surface area (Å²) in [4.78, 5) is 6.22. The normalized spacial score (nSPS) is 14.5. The quantitative estimate of drug-likeness (QED) is 0.167. The standard InChI is InChI=1S/C63H38N2O2S/c1-3-16-39(17-4-1)64(41-31-34-57-49(36-41)46-21-8-12-27-55(46)66-57)43-30-33-45-44-20-7-11-24-51(44)63(53(45)38-43)52-25-15-26-54(61(52)60-48-23-10-14-29-59(48)68-62(60)63)65(40-18-5-2-6-19-40)42-32-35-58-50(37-42)47-22-9-13-28-56(47)67-58/h1-38H. The highest BCUT2D eigenvalue weighted by Crippen LogP contribution is 2.68. The Labute approximate surface area is 395 Å². The molecule has 1 spiro atoms. The number of nitrogens with zero attached hydrogens (tertiary/aromatic N) is 2. The maximum atomic E-state index is 6.38. The molecule has 0 bridgehead atoms. The van der Waals surface area contributed by atoms with Gasteiger partial charge in [0, 0.05) is 76.1 Å². The van der Waals surface area contributed by atoms with Crippen molar-refractivity contribution in [2.45, 2.75) is 5.41 Å². The first-order chi connectivity index (χ1) is 33.7. The Kier molecular flexibility index (Phi) is 7.83. The van der Waals surface area contributed by atoms with Crippen LogP contribution in [0.2, 0.25) is 0 Å². The molecule has 1 atom stereocenters. The van der Waals surface area contributed by atoms with Gasteiger partial charge in [0.1, 0.15) is 22.3 Å². The minimum atomic E-state index is -0.605. The molecule has 10 aromatic carbocycles. The van der Waals surface area contributed by atoms with Crippen LogP contribution in [0.3, 0.4) is 0 Å². The Morgan fingerprint density at radius 3 is 1.54 bits per heavy atom. The van der Waals surface area contributed by atoms with Crippen LogP contribution in [0.4, 0.5) is 34.1 Å². The first-order valence-corrected chi connectivity index (χ1v) is 24.0. The van der Waals surface area contributed by atoms with E-state index in [1.54, 1.807) is 0 Å². The second-order valence-corrected chi connectivity index (χ2v) is 19.0. The zero-order valence-electron chi connectivity index (χ0n) is 36.6. The molecule has 0 amide bonds. The Morgan fingerprint density at radius 1 is 0.324 bits per heavy atom. The number of anilines is 6. The third-order valence-electron chi connectivity index (χ3n) is 14.4. The Morgan fingerprint density at radius 2 is 0.838 bits per heavy atom. The van der Waals surface area contributed by atoms with Crippen molar-refractivity contribution in [2.24, 2.45) is 0 Å².